The van der Waals surface area contributed by atoms with Crippen molar-refractivity contribution in [2.24, 2.45) is 0 Å². The maximum Gasteiger partial charge on any atom is 0.0589 e. The number of likely N-dealkylation sites (N-methyl/N-ethyl adjacent to an activating group) is 1. The summed E-state index contributed by atoms with van der Waals surface area (Å²) in [5.74, 6) is 0. The Balaban J connectivity index is 2.48. The predicted octanol–water partition coefficient (Wildman–Crippen LogP) is 1.72. The van der Waals surface area contributed by atoms with Gasteiger partial charge in [-0.1, -0.05) is 6.92 Å². The van der Waals surface area contributed by atoms with Gasteiger partial charge in [-0.3, -0.25) is 9.88 Å². The maximum absolute atomic E-state index is 5.03. The Kier molecular flexibility index (Phi) is 5.29. The molecule has 84 valence electrons. The Bertz CT molecular complexity index is 289. The quantitative estimate of drug-likeness (QED) is 0.712. The van der Waals surface area contributed by atoms with Crippen LogP contribution < -0.4 is 0 Å². The third-order valence-corrected chi connectivity index (χ3v) is 2.40. The molecule has 0 saturated heterocycles. The minimum absolute atomic E-state index is 0.768. The number of hydrogen-bond donors (Lipinski definition) is 0. The van der Waals surface area contributed by atoms with E-state index >= 15 is 0 Å². The van der Waals surface area contributed by atoms with Crippen LogP contribution in [0.1, 0.15) is 18.2 Å². The zero-order valence-electron chi connectivity index (χ0n) is 9.86. The van der Waals surface area contributed by atoms with E-state index in [1.165, 1.54) is 5.56 Å². The number of hydrogen-bond acceptors (Lipinski definition) is 3. The number of rotatable bonds is 6. The lowest BCUT2D eigenvalue weighted by molar-refractivity contribution is 0.158. The van der Waals surface area contributed by atoms with Gasteiger partial charge >= 0.3 is 0 Å². The molecule has 3 nitrogen and oxygen atoms in total. The Hall–Kier alpha value is -0.930. The fourth-order valence-electron chi connectivity index (χ4n) is 1.44. The Morgan fingerprint density at radius 2 is 2.27 bits per heavy atom. The van der Waals surface area contributed by atoms with Gasteiger partial charge in [0.1, 0.15) is 0 Å². The molecule has 15 heavy (non-hydrogen) atoms. The summed E-state index contributed by atoms with van der Waals surface area (Å²) in [6.45, 7) is 4.75. The second kappa shape index (κ2) is 6.53. The highest BCUT2D eigenvalue weighted by Crippen LogP contribution is 2.04. The summed E-state index contributed by atoms with van der Waals surface area (Å²) in [4.78, 5) is 6.57. The van der Waals surface area contributed by atoms with Crippen LogP contribution in [-0.2, 0) is 17.7 Å². The van der Waals surface area contributed by atoms with Crippen LogP contribution in [0.15, 0.2) is 18.3 Å². The molecule has 0 unspecified atom stereocenters. The van der Waals surface area contributed by atoms with Crippen LogP contribution in [0.25, 0.3) is 0 Å². The minimum Gasteiger partial charge on any atom is -0.383 e. The minimum atomic E-state index is 0.768. The van der Waals surface area contributed by atoms with Gasteiger partial charge < -0.3 is 4.74 Å². The molecule has 1 heterocycles. The number of aryl methyl sites for hydroxylation is 1. The van der Waals surface area contributed by atoms with Gasteiger partial charge in [-0.15, -0.1) is 0 Å². The van der Waals surface area contributed by atoms with Gasteiger partial charge in [-0.25, -0.2) is 0 Å². The van der Waals surface area contributed by atoms with E-state index in [1.54, 1.807) is 7.11 Å². The summed E-state index contributed by atoms with van der Waals surface area (Å²) in [6.07, 6.45) is 2.95. The van der Waals surface area contributed by atoms with Gasteiger partial charge in [0, 0.05) is 26.4 Å². The summed E-state index contributed by atoms with van der Waals surface area (Å²) < 4.78 is 5.03. The van der Waals surface area contributed by atoms with Gasteiger partial charge in [0.25, 0.3) is 0 Å². The molecular formula is C12H20N2O. The highest BCUT2D eigenvalue weighted by atomic mass is 16.5. The standard InChI is InChI=1S/C12H20N2O/c1-4-11-5-6-13-12(9-11)10-14(2)7-8-15-3/h5-6,9H,4,7-8,10H2,1-3H3. The van der Waals surface area contributed by atoms with Crippen LogP contribution in [0.2, 0.25) is 0 Å². The van der Waals surface area contributed by atoms with Crippen molar-refractivity contribution in [1.29, 1.82) is 0 Å². The van der Waals surface area contributed by atoms with Crippen molar-refractivity contribution in [1.82, 2.24) is 9.88 Å². The van der Waals surface area contributed by atoms with Gasteiger partial charge in [0.05, 0.1) is 12.3 Å². The molecule has 0 fully saturated rings. The molecule has 0 amide bonds. The first-order chi connectivity index (χ1) is 7.26. The monoisotopic (exact) mass is 208 g/mol. The van der Waals surface area contributed by atoms with Crippen molar-refractivity contribution >= 4 is 0 Å². The Labute approximate surface area is 92.1 Å². The van der Waals surface area contributed by atoms with E-state index in [0.717, 1.165) is 31.8 Å². The number of methoxy groups -OCH3 is 1. The lowest BCUT2D eigenvalue weighted by Crippen LogP contribution is -2.22. The van der Waals surface area contributed by atoms with Gasteiger partial charge in [-0.2, -0.15) is 0 Å². The molecule has 1 aromatic heterocycles. The molecule has 0 N–H and O–H groups in total. The van der Waals surface area contributed by atoms with Crippen LogP contribution in [0, 0.1) is 0 Å². The van der Waals surface area contributed by atoms with E-state index in [4.69, 9.17) is 4.74 Å². The van der Waals surface area contributed by atoms with Crippen molar-refractivity contribution in [3.05, 3.63) is 29.6 Å². The van der Waals surface area contributed by atoms with E-state index in [0.29, 0.717) is 0 Å². The van der Waals surface area contributed by atoms with Gasteiger partial charge in [0.15, 0.2) is 0 Å². The normalized spacial score (nSPS) is 10.9. The summed E-state index contributed by atoms with van der Waals surface area (Å²) in [5, 5.41) is 0. The fourth-order valence-corrected chi connectivity index (χ4v) is 1.44. The molecule has 0 radical (unpaired) electrons. The van der Waals surface area contributed by atoms with E-state index in [1.807, 2.05) is 6.20 Å². The average molecular weight is 208 g/mol. The molecule has 0 aliphatic rings. The first-order valence-corrected chi connectivity index (χ1v) is 5.37. The van der Waals surface area contributed by atoms with E-state index in [9.17, 15) is 0 Å². The lowest BCUT2D eigenvalue weighted by Gasteiger charge is -2.15. The zero-order chi connectivity index (χ0) is 11.1. The molecular weight excluding hydrogens is 188 g/mol. The van der Waals surface area contributed by atoms with E-state index in [-0.39, 0.29) is 0 Å². The third-order valence-electron chi connectivity index (χ3n) is 2.40. The van der Waals surface area contributed by atoms with E-state index < -0.39 is 0 Å². The second-order valence-electron chi connectivity index (χ2n) is 3.74. The maximum atomic E-state index is 5.03. The molecule has 1 rings (SSSR count). The van der Waals surface area contributed by atoms with E-state index in [2.05, 4.69) is 36.0 Å². The first-order valence-electron chi connectivity index (χ1n) is 5.37. The van der Waals surface area contributed by atoms with Gasteiger partial charge in [0.2, 0.25) is 0 Å². The van der Waals surface area contributed by atoms with Crippen molar-refractivity contribution in [2.75, 3.05) is 27.3 Å². The van der Waals surface area contributed by atoms with Crippen LogP contribution in [-0.4, -0.2) is 37.2 Å². The number of ether oxygens (including phenoxy) is 1. The molecule has 1 aromatic rings. The van der Waals surface area contributed by atoms with Crippen molar-refractivity contribution in [3.63, 3.8) is 0 Å². The van der Waals surface area contributed by atoms with Crippen molar-refractivity contribution in [2.45, 2.75) is 19.9 Å². The molecule has 0 atom stereocenters. The average Bonchev–Trinajstić information content (AvgIpc) is 2.26. The molecule has 3 heteroatoms. The molecule has 0 aliphatic heterocycles. The molecule has 0 aliphatic carbocycles. The SMILES string of the molecule is CCc1ccnc(CN(C)CCOC)c1. The fraction of sp³-hybridized carbons (Fsp3) is 0.583. The smallest absolute Gasteiger partial charge is 0.0589 e. The van der Waals surface area contributed by atoms with Gasteiger partial charge in [-0.05, 0) is 31.2 Å². The zero-order valence-corrected chi connectivity index (χ0v) is 9.86. The topological polar surface area (TPSA) is 25.4 Å². The summed E-state index contributed by atoms with van der Waals surface area (Å²) in [7, 11) is 3.81. The molecule has 0 bridgehead atoms. The number of nitrogens with zero attached hydrogens (tertiary/aromatic N) is 2. The van der Waals surface area contributed by atoms with Crippen LogP contribution in [0.5, 0.6) is 0 Å². The predicted molar refractivity (Wildman–Crippen MR) is 61.8 cm³/mol. The second-order valence-corrected chi connectivity index (χ2v) is 3.74. The highest BCUT2D eigenvalue weighted by molar-refractivity contribution is 5.16. The van der Waals surface area contributed by atoms with Crippen LogP contribution in [0.4, 0.5) is 0 Å². The Morgan fingerprint density at radius 1 is 1.47 bits per heavy atom. The van der Waals surface area contributed by atoms with Crippen molar-refractivity contribution in [3.8, 4) is 0 Å². The number of aromatic nitrogens is 1. The molecule has 0 saturated carbocycles. The summed E-state index contributed by atoms with van der Waals surface area (Å²) >= 11 is 0. The first kappa shape index (κ1) is 12.1. The number of pyridine rings is 1. The van der Waals surface area contributed by atoms with Crippen LogP contribution >= 0.6 is 0 Å². The summed E-state index contributed by atoms with van der Waals surface area (Å²) in [6, 6.07) is 4.24. The lowest BCUT2D eigenvalue weighted by atomic mass is 10.2. The Morgan fingerprint density at radius 3 is 2.93 bits per heavy atom. The third kappa shape index (κ3) is 4.40. The molecule has 0 spiro atoms. The largest absolute Gasteiger partial charge is 0.383 e. The van der Waals surface area contributed by atoms with Crippen LogP contribution in [0.3, 0.4) is 0 Å². The highest BCUT2D eigenvalue weighted by Gasteiger charge is 2.01. The molecule has 0 aromatic carbocycles. The summed E-state index contributed by atoms with van der Waals surface area (Å²) in [5.41, 5.74) is 2.48. The van der Waals surface area contributed by atoms with Crippen molar-refractivity contribution < 1.29 is 4.74 Å².